The Balaban J connectivity index is 1.86. The van der Waals surface area contributed by atoms with Crippen molar-refractivity contribution >= 4 is 17.6 Å². The number of aromatic nitrogens is 2. The van der Waals surface area contributed by atoms with Gasteiger partial charge in [-0.3, -0.25) is 14.3 Å². The summed E-state index contributed by atoms with van der Waals surface area (Å²) in [5.74, 6) is -0.675. The van der Waals surface area contributed by atoms with Crippen LogP contribution < -0.4 is 4.90 Å². The predicted molar refractivity (Wildman–Crippen MR) is 91.7 cm³/mol. The van der Waals surface area contributed by atoms with E-state index in [1.807, 2.05) is 50.2 Å². The highest BCUT2D eigenvalue weighted by Gasteiger charge is 2.22. The third-order valence-corrected chi connectivity index (χ3v) is 3.76. The molecule has 6 heteroatoms. The lowest BCUT2D eigenvalue weighted by molar-refractivity contribution is -0.154. The number of amides is 1. The third-order valence-electron chi connectivity index (χ3n) is 3.76. The van der Waals surface area contributed by atoms with Crippen molar-refractivity contribution in [2.24, 2.45) is 0 Å². The van der Waals surface area contributed by atoms with Crippen LogP contribution in [0.25, 0.3) is 0 Å². The highest BCUT2D eigenvalue weighted by molar-refractivity contribution is 5.96. The first-order valence-corrected chi connectivity index (χ1v) is 7.91. The number of aryl methyl sites for hydroxylation is 3. The number of anilines is 1. The Hall–Kier alpha value is -2.63. The summed E-state index contributed by atoms with van der Waals surface area (Å²) in [5.41, 5.74) is 2.66. The minimum Gasteiger partial charge on any atom is -0.452 e. The highest BCUT2D eigenvalue weighted by Crippen LogP contribution is 2.13. The van der Waals surface area contributed by atoms with Gasteiger partial charge in [-0.2, -0.15) is 5.10 Å². The van der Waals surface area contributed by atoms with Gasteiger partial charge in [0, 0.05) is 18.4 Å². The smallest absolute Gasteiger partial charge is 0.308 e. The van der Waals surface area contributed by atoms with Crippen LogP contribution >= 0.6 is 0 Å². The van der Waals surface area contributed by atoms with Gasteiger partial charge < -0.3 is 9.64 Å². The highest BCUT2D eigenvalue weighted by atomic mass is 16.5. The maximum Gasteiger partial charge on any atom is 0.308 e. The Morgan fingerprint density at radius 3 is 2.50 bits per heavy atom. The van der Waals surface area contributed by atoms with Crippen molar-refractivity contribution in [1.82, 2.24) is 9.78 Å². The maximum atomic E-state index is 12.3. The monoisotopic (exact) mass is 329 g/mol. The van der Waals surface area contributed by atoms with Crippen molar-refractivity contribution in [3.05, 3.63) is 47.8 Å². The van der Waals surface area contributed by atoms with E-state index < -0.39 is 12.1 Å². The molecule has 0 aliphatic heterocycles. The van der Waals surface area contributed by atoms with Crippen LogP contribution in [0.5, 0.6) is 0 Å². The van der Waals surface area contributed by atoms with E-state index in [1.165, 1.54) is 4.90 Å². The van der Waals surface area contributed by atoms with Crippen molar-refractivity contribution in [2.45, 2.75) is 39.8 Å². The van der Waals surface area contributed by atoms with E-state index in [0.29, 0.717) is 6.54 Å². The molecule has 1 heterocycles. The number of carbonyl (C=O) groups is 2. The number of para-hydroxylation sites is 1. The van der Waals surface area contributed by atoms with Crippen LogP contribution in [-0.4, -0.2) is 34.8 Å². The summed E-state index contributed by atoms with van der Waals surface area (Å²) >= 11 is 0. The molecule has 2 aromatic rings. The van der Waals surface area contributed by atoms with E-state index in [4.69, 9.17) is 4.74 Å². The van der Waals surface area contributed by atoms with Gasteiger partial charge in [-0.15, -0.1) is 0 Å². The van der Waals surface area contributed by atoms with E-state index in [0.717, 1.165) is 17.1 Å². The van der Waals surface area contributed by atoms with Crippen LogP contribution in [0.15, 0.2) is 36.4 Å². The summed E-state index contributed by atoms with van der Waals surface area (Å²) in [7, 11) is 1.66. The molecular weight excluding hydrogens is 306 g/mol. The van der Waals surface area contributed by atoms with E-state index in [-0.39, 0.29) is 12.3 Å². The van der Waals surface area contributed by atoms with Crippen molar-refractivity contribution in [3.8, 4) is 0 Å². The summed E-state index contributed by atoms with van der Waals surface area (Å²) in [6, 6.07) is 11.2. The molecule has 1 amide bonds. The summed E-state index contributed by atoms with van der Waals surface area (Å²) in [6.45, 7) is 5.87. The van der Waals surface area contributed by atoms with Gasteiger partial charge in [-0.05, 0) is 39.0 Å². The number of ether oxygens (including phenoxy) is 1. The number of carbonyl (C=O) groups excluding carboxylic acids is 2. The molecule has 0 radical (unpaired) electrons. The van der Waals surface area contributed by atoms with Crippen molar-refractivity contribution in [1.29, 1.82) is 0 Å². The molecule has 1 aromatic carbocycles. The Labute approximate surface area is 142 Å². The summed E-state index contributed by atoms with van der Waals surface area (Å²) in [4.78, 5) is 25.8. The predicted octanol–water partition coefficient (Wildman–Crippen LogP) is 2.48. The fraction of sp³-hybridized carbons (Fsp3) is 0.389. The molecule has 0 N–H and O–H groups in total. The first-order valence-electron chi connectivity index (χ1n) is 7.91. The van der Waals surface area contributed by atoms with Crippen LogP contribution in [-0.2, 0) is 20.9 Å². The second kappa shape index (κ2) is 7.77. The fourth-order valence-electron chi connectivity index (χ4n) is 2.46. The molecule has 1 unspecified atom stereocenters. The molecule has 0 saturated heterocycles. The van der Waals surface area contributed by atoms with Crippen molar-refractivity contribution in [2.75, 3.05) is 11.9 Å². The first kappa shape index (κ1) is 17.7. The second-order valence-corrected chi connectivity index (χ2v) is 5.77. The maximum absolute atomic E-state index is 12.3. The van der Waals surface area contributed by atoms with Crippen molar-refractivity contribution in [3.63, 3.8) is 0 Å². The van der Waals surface area contributed by atoms with Crippen LogP contribution in [0.3, 0.4) is 0 Å². The zero-order chi connectivity index (χ0) is 17.7. The molecule has 0 bridgehead atoms. The molecular formula is C18H23N3O3. The molecule has 0 saturated carbocycles. The average molecular weight is 329 g/mol. The Morgan fingerprint density at radius 1 is 1.25 bits per heavy atom. The zero-order valence-corrected chi connectivity index (χ0v) is 14.5. The molecule has 128 valence electrons. The Kier molecular flexibility index (Phi) is 5.73. The number of likely N-dealkylation sites (N-methyl/N-ethyl adjacent to an activating group) is 1. The summed E-state index contributed by atoms with van der Waals surface area (Å²) in [6.07, 6.45) is -0.655. The van der Waals surface area contributed by atoms with Gasteiger partial charge in [0.05, 0.1) is 18.7 Å². The summed E-state index contributed by atoms with van der Waals surface area (Å²) < 4.78 is 7.01. The van der Waals surface area contributed by atoms with Gasteiger partial charge in [0.2, 0.25) is 0 Å². The first-order chi connectivity index (χ1) is 11.4. The molecule has 0 spiro atoms. The molecule has 0 aliphatic carbocycles. The van der Waals surface area contributed by atoms with Crippen LogP contribution in [0.4, 0.5) is 5.69 Å². The molecule has 6 nitrogen and oxygen atoms in total. The number of esters is 1. The molecule has 0 aliphatic rings. The Bertz CT molecular complexity index is 710. The SMILES string of the molecule is Cc1cc(C)n(CCC(=O)OC(C)C(=O)N(C)c2ccccc2)n1. The van der Waals surface area contributed by atoms with Crippen LogP contribution in [0.2, 0.25) is 0 Å². The molecule has 2 rings (SSSR count). The van der Waals surface area contributed by atoms with Gasteiger partial charge in [0.15, 0.2) is 6.10 Å². The largest absolute Gasteiger partial charge is 0.452 e. The van der Waals surface area contributed by atoms with Gasteiger partial charge in [-0.1, -0.05) is 18.2 Å². The van der Waals surface area contributed by atoms with Gasteiger partial charge in [0.1, 0.15) is 0 Å². The van der Waals surface area contributed by atoms with E-state index in [2.05, 4.69) is 5.10 Å². The van der Waals surface area contributed by atoms with Gasteiger partial charge in [0.25, 0.3) is 5.91 Å². The molecule has 1 atom stereocenters. The number of hydrogen-bond donors (Lipinski definition) is 0. The molecule has 0 fully saturated rings. The fourth-order valence-corrected chi connectivity index (χ4v) is 2.46. The molecule has 1 aromatic heterocycles. The zero-order valence-electron chi connectivity index (χ0n) is 14.5. The van der Waals surface area contributed by atoms with Crippen molar-refractivity contribution < 1.29 is 14.3 Å². The second-order valence-electron chi connectivity index (χ2n) is 5.77. The van der Waals surface area contributed by atoms with E-state index in [1.54, 1.807) is 18.7 Å². The van der Waals surface area contributed by atoms with E-state index in [9.17, 15) is 9.59 Å². The quantitative estimate of drug-likeness (QED) is 0.764. The van der Waals surface area contributed by atoms with Crippen LogP contribution in [0.1, 0.15) is 24.7 Å². The third kappa shape index (κ3) is 4.44. The van der Waals surface area contributed by atoms with Gasteiger partial charge in [-0.25, -0.2) is 0 Å². The van der Waals surface area contributed by atoms with E-state index >= 15 is 0 Å². The lowest BCUT2D eigenvalue weighted by Gasteiger charge is -2.21. The number of hydrogen-bond acceptors (Lipinski definition) is 4. The minimum absolute atomic E-state index is 0.175. The standard InChI is InChI=1S/C18H23N3O3/c1-13-12-14(2)21(19-13)11-10-17(22)24-15(3)18(23)20(4)16-8-6-5-7-9-16/h5-9,12,15H,10-11H2,1-4H3. The summed E-state index contributed by atoms with van der Waals surface area (Å²) in [5, 5.41) is 4.30. The van der Waals surface area contributed by atoms with Gasteiger partial charge >= 0.3 is 5.97 Å². The number of benzene rings is 1. The number of nitrogens with zero attached hydrogens (tertiary/aromatic N) is 3. The topological polar surface area (TPSA) is 64.4 Å². The molecule has 24 heavy (non-hydrogen) atoms. The lowest BCUT2D eigenvalue weighted by atomic mass is 10.2. The lowest BCUT2D eigenvalue weighted by Crippen LogP contribution is -2.37. The minimum atomic E-state index is -0.830. The average Bonchev–Trinajstić information content (AvgIpc) is 2.89. The number of rotatable bonds is 6. The van der Waals surface area contributed by atoms with Crippen LogP contribution in [0, 0.1) is 13.8 Å². The Morgan fingerprint density at radius 2 is 1.92 bits per heavy atom. The normalized spacial score (nSPS) is 11.8.